The van der Waals surface area contributed by atoms with E-state index < -0.39 is 0 Å². The molecule has 3 nitrogen and oxygen atoms in total. The lowest BCUT2D eigenvalue weighted by Gasteiger charge is -2.10. The summed E-state index contributed by atoms with van der Waals surface area (Å²) in [4.78, 5) is 11.3. The molecule has 1 aliphatic heterocycles. The fourth-order valence-corrected chi connectivity index (χ4v) is 1.49. The highest BCUT2D eigenvalue weighted by Crippen LogP contribution is 2.11. The van der Waals surface area contributed by atoms with Crippen molar-refractivity contribution in [3.63, 3.8) is 0 Å². The van der Waals surface area contributed by atoms with Crippen molar-refractivity contribution in [3.05, 3.63) is 0 Å². The summed E-state index contributed by atoms with van der Waals surface area (Å²) in [7, 11) is 0. The fourth-order valence-electron chi connectivity index (χ4n) is 1.49. The highest BCUT2D eigenvalue weighted by atomic mass is 16.1. The van der Waals surface area contributed by atoms with Crippen LogP contribution < -0.4 is 10.6 Å². The molecule has 3 heteroatoms. The van der Waals surface area contributed by atoms with Crippen LogP contribution >= 0.6 is 0 Å². The van der Waals surface area contributed by atoms with Gasteiger partial charge in [-0.25, -0.2) is 0 Å². The van der Waals surface area contributed by atoms with Crippen molar-refractivity contribution in [2.45, 2.75) is 25.8 Å². The Balaban J connectivity index is 2.21. The van der Waals surface area contributed by atoms with E-state index in [9.17, 15) is 4.79 Å². The molecule has 2 N–H and O–H groups in total. The Morgan fingerprint density at radius 2 is 2.62 bits per heavy atom. The highest BCUT2D eigenvalue weighted by molar-refractivity contribution is 5.76. The molecule has 0 aromatic carbocycles. The molecule has 0 radical (unpaired) electrons. The molecule has 72 valence electrons. The number of rotatable bonds is 3. The van der Waals surface area contributed by atoms with Gasteiger partial charge in [-0.1, -0.05) is 5.92 Å². The molecule has 0 aliphatic carbocycles. The summed E-state index contributed by atoms with van der Waals surface area (Å²) in [6, 6.07) is -0.151. The lowest BCUT2D eigenvalue weighted by atomic mass is 10.0. The van der Waals surface area contributed by atoms with Gasteiger partial charge in [0, 0.05) is 6.42 Å². The minimum atomic E-state index is -0.151. The lowest BCUT2D eigenvalue weighted by molar-refractivity contribution is -0.122. The average molecular weight is 180 g/mol. The van der Waals surface area contributed by atoms with Crippen LogP contribution in [0.3, 0.4) is 0 Å². The Kier molecular flexibility index (Phi) is 3.78. The van der Waals surface area contributed by atoms with Crippen LogP contribution in [0.2, 0.25) is 0 Å². The number of terminal acetylenes is 1. The van der Waals surface area contributed by atoms with Gasteiger partial charge in [-0.2, -0.15) is 0 Å². The van der Waals surface area contributed by atoms with Crippen LogP contribution in [-0.2, 0) is 4.79 Å². The third-order valence-corrected chi connectivity index (χ3v) is 2.26. The van der Waals surface area contributed by atoms with Crippen LogP contribution in [0.4, 0.5) is 0 Å². The summed E-state index contributed by atoms with van der Waals surface area (Å²) >= 11 is 0. The van der Waals surface area contributed by atoms with Crippen molar-refractivity contribution < 1.29 is 4.79 Å². The number of carbonyl (C=O) groups is 1. The smallest absolute Gasteiger partial charge is 0.221 e. The molecule has 1 heterocycles. The molecule has 0 bridgehead atoms. The molecule has 0 spiro atoms. The first kappa shape index (κ1) is 10.1. The van der Waals surface area contributed by atoms with Gasteiger partial charge in [-0.15, -0.1) is 6.42 Å². The van der Waals surface area contributed by atoms with Gasteiger partial charge in [0.2, 0.25) is 5.91 Å². The molecule has 0 aromatic rings. The number of nitrogens with one attached hydrogen (secondary N) is 2. The monoisotopic (exact) mass is 180 g/mol. The molecule has 1 fully saturated rings. The normalized spacial score (nSPS) is 23.5. The van der Waals surface area contributed by atoms with Crippen molar-refractivity contribution in [2.75, 3.05) is 13.1 Å². The second kappa shape index (κ2) is 4.88. The van der Waals surface area contributed by atoms with Gasteiger partial charge in [0.25, 0.3) is 0 Å². The molecule has 1 saturated heterocycles. The molecule has 2 unspecified atom stereocenters. The molecule has 2 atom stereocenters. The zero-order chi connectivity index (χ0) is 9.68. The number of carbonyl (C=O) groups excluding carboxylic acids is 1. The fraction of sp³-hybridized carbons (Fsp3) is 0.700. The third kappa shape index (κ3) is 3.47. The SMILES string of the molecule is C#CC(C)NC(=O)CC1CCNC1. The van der Waals surface area contributed by atoms with Crippen LogP contribution in [0.15, 0.2) is 0 Å². The minimum absolute atomic E-state index is 0.0687. The molecular formula is C10H16N2O. The van der Waals surface area contributed by atoms with Gasteiger partial charge < -0.3 is 10.6 Å². The van der Waals surface area contributed by atoms with E-state index in [1.165, 1.54) is 0 Å². The van der Waals surface area contributed by atoms with Crippen LogP contribution in [0, 0.1) is 18.3 Å². The molecular weight excluding hydrogens is 164 g/mol. The standard InChI is InChI=1S/C10H16N2O/c1-3-8(2)12-10(13)6-9-4-5-11-7-9/h1,8-9,11H,4-7H2,2H3,(H,12,13). The van der Waals surface area contributed by atoms with Gasteiger partial charge in [0.1, 0.15) is 0 Å². The maximum absolute atomic E-state index is 11.3. The van der Waals surface area contributed by atoms with E-state index >= 15 is 0 Å². The maximum Gasteiger partial charge on any atom is 0.221 e. The Morgan fingerprint density at radius 3 is 3.15 bits per heavy atom. The predicted molar refractivity (Wildman–Crippen MR) is 52.0 cm³/mol. The van der Waals surface area contributed by atoms with Gasteiger partial charge in [0.05, 0.1) is 6.04 Å². The summed E-state index contributed by atoms with van der Waals surface area (Å²) in [6.07, 6.45) is 6.84. The quantitative estimate of drug-likeness (QED) is 0.606. The van der Waals surface area contributed by atoms with Crippen molar-refractivity contribution in [3.8, 4) is 12.3 Å². The van der Waals surface area contributed by atoms with E-state index in [-0.39, 0.29) is 11.9 Å². The lowest BCUT2D eigenvalue weighted by Crippen LogP contribution is -2.32. The Morgan fingerprint density at radius 1 is 1.85 bits per heavy atom. The zero-order valence-corrected chi connectivity index (χ0v) is 7.97. The van der Waals surface area contributed by atoms with Gasteiger partial charge in [-0.3, -0.25) is 4.79 Å². The second-order valence-corrected chi connectivity index (χ2v) is 3.52. The first-order chi connectivity index (χ1) is 6.22. The van der Waals surface area contributed by atoms with Gasteiger partial charge in [0.15, 0.2) is 0 Å². The number of hydrogen-bond acceptors (Lipinski definition) is 2. The summed E-state index contributed by atoms with van der Waals surface area (Å²) in [5, 5.41) is 5.98. The van der Waals surface area contributed by atoms with Crippen molar-refractivity contribution in [2.24, 2.45) is 5.92 Å². The van der Waals surface area contributed by atoms with Crippen LogP contribution in [0.25, 0.3) is 0 Å². The molecule has 1 amide bonds. The molecule has 1 rings (SSSR count). The first-order valence-electron chi connectivity index (χ1n) is 4.68. The van der Waals surface area contributed by atoms with E-state index in [2.05, 4.69) is 16.6 Å². The highest BCUT2D eigenvalue weighted by Gasteiger charge is 2.18. The average Bonchev–Trinajstić information content (AvgIpc) is 2.56. The van der Waals surface area contributed by atoms with E-state index in [1.54, 1.807) is 0 Å². The van der Waals surface area contributed by atoms with Gasteiger partial charge in [-0.05, 0) is 32.4 Å². The molecule has 0 saturated carbocycles. The Labute approximate surface area is 79.3 Å². The number of hydrogen-bond donors (Lipinski definition) is 2. The van der Waals surface area contributed by atoms with E-state index in [1.807, 2.05) is 6.92 Å². The Bertz CT molecular complexity index is 213. The Hall–Kier alpha value is -1.01. The molecule has 0 aromatic heterocycles. The topological polar surface area (TPSA) is 41.1 Å². The largest absolute Gasteiger partial charge is 0.343 e. The van der Waals surface area contributed by atoms with Gasteiger partial charge >= 0.3 is 0 Å². The number of amides is 1. The molecule has 13 heavy (non-hydrogen) atoms. The van der Waals surface area contributed by atoms with Crippen LogP contribution in [0.5, 0.6) is 0 Å². The van der Waals surface area contributed by atoms with E-state index in [0.29, 0.717) is 12.3 Å². The first-order valence-corrected chi connectivity index (χ1v) is 4.68. The maximum atomic E-state index is 11.3. The summed E-state index contributed by atoms with van der Waals surface area (Å²) in [5.41, 5.74) is 0. The third-order valence-electron chi connectivity index (χ3n) is 2.26. The van der Waals surface area contributed by atoms with Crippen molar-refractivity contribution in [1.29, 1.82) is 0 Å². The van der Waals surface area contributed by atoms with E-state index in [0.717, 1.165) is 19.5 Å². The summed E-state index contributed by atoms with van der Waals surface area (Å²) in [6.45, 7) is 3.80. The van der Waals surface area contributed by atoms with E-state index in [4.69, 9.17) is 6.42 Å². The predicted octanol–water partition coefficient (Wildman–Crippen LogP) is 0.124. The van der Waals surface area contributed by atoms with Crippen molar-refractivity contribution >= 4 is 5.91 Å². The second-order valence-electron chi connectivity index (χ2n) is 3.52. The summed E-state index contributed by atoms with van der Waals surface area (Å²) in [5.74, 6) is 3.03. The van der Waals surface area contributed by atoms with Crippen LogP contribution in [0.1, 0.15) is 19.8 Å². The molecule has 1 aliphatic rings. The van der Waals surface area contributed by atoms with Crippen molar-refractivity contribution in [1.82, 2.24) is 10.6 Å². The minimum Gasteiger partial charge on any atom is -0.343 e. The zero-order valence-electron chi connectivity index (χ0n) is 7.97. The van der Waals surface area contributed by atoms with Crippen LogP contribution in [-0.4, -0.2) is 25.0 Å². The summed E-state index contributed by atoms with van der Waals surface area (Å²) < 4.78 is 0.